The third-order valence-electron chi connectivity index (χ3n) is 3.12. The number of hydrogen-bond acceptors (Lipinski definition) is 6. The average molecular weight is 425 g/mol. The van der Waals surface area contributed by atoms with Gasteiger partial charge in [-0.15, -0.1) is 11.8 Å². The lowest BCUT2D eigenvalue weighted by Gasteiger charge is -2.06. The van der Waals surface area contributed by atoms with Crippen molar-refractivity contribution in [3.8, 4) is 17.2 Å². The van der Waals surface area contributed by atoms with Crippen LogP contribution in [0.25, 0.3) is 0 Å². The fraction of sp³-hybridized carbons (Fsp3) is 0.176. The minimum atomic E-state index is -0.223. The largest absolute Gasteiger partial charge is 0.504 e. The molecule has 0 heterocycles. The molecular weight excluding hydrogens is 408 g/mol. The first-order valence-electron chi connectivity index (χ1n) is 7.18. The molecule has 0 radical (unpaired) electrons. The number of ether oxygens (including phenoxy) is 2. The van der Waals surface area contributed by atoms with Crippen LogP contribution in [-0.2, 0) is 4.79 Å². The predicted molar refractivity (Wildman–Crippen MR) is 102 cm³/mol. The number of methoxy groups -OCH3 is 2. The Hall–Kier alpha value is -2.19. The van der Waals surface area contributed by atoms with Gasteiger partial charge in [0.25, 0.3) is 0 Å². The molecule has 2 aromatic rings. The number of thioether (sulfide) groups is 1. The topological polar surface area (TPSA) is 80.2 Å². The number of carbonyl (C=O) groups excluding carboxylic acids is 1. The molecule has 2 N–H and O–H groups in total. The molecule has 6 nitrogen and oxygen atoms in total. The molecule has 0 bridgehead atoms. The predicted octanol–water partition coefficient (Wildman–Crippen LogP) is 3.41. The van der Waals surface area contributed by atoms with E-state index in [9.17, 15) is 9.90 Å². The Kier molecular flexibility index (Phi) is 7.15. The lowest BCUT2D eigenvalue weighted by molar-refractivity contribution is -0.118. The van der Waals surface area contributed by atoms with Crippen molar-refractivity contribution >= 4 is 39.8 Å². The molecule has 2 rings (SSSR count). The standard InChI is InChI=1S/C17H17BrN2O4S/c1-23-12-3-5-13(6-4-12)25-10-17(22)20-19-9-11-7-16(24-2)15(21)8-14(11)18/h3-9,21H,10H2,1-2H3,(H,20,22)/b19-9-. The summed E-state index contributed by atoms with van der Waals surface area (Å²) in [6, 6.07) is 10.6. The molecule has 132 valence electrons. The number of hydrazone groups is 1. The smallest absolute Gasteiger partial charge is 0.250 e. The molecule has 0 aliphatic carbocycles. The van der Waals surface area contributed by atoms with Gasteiger partial charge in [0.15, 0.2) is 11.5 Å². The maximum absolute atomic E-state index is 11.8. The van der Waals surface area contributed by atoms with Gasteiger partial charge in [0.1, 0.15) is 5.75 Å². The van der Waals surface area contributed by atoms with Crippen molar-refractivity contribution in [1.29, 1.82) is 0 Å². The molecule has 0 saturated carbocycles. The van der Waals surface area contributed by atoms with Crippen LogP contribution in [0.2, 0.25) is 0 Å². The van der Waals surface area contributed by atoms with E-state index >= 15 is 0 Å². The first-order chi connectivity index (χ1) is 12.0. The summed E-state index contributed by atoms with van der Waals surface area (Å²) in [7, 11) is 3.07. The second-order valence-corrected chi connectivity index (χ2v) is 6.71. The summed E-state index contributed by atoms with van der Waals surface area (Å²) in [5, 5.41) is 13.6. The Morgan fingerprint density at radius 1 is 1.28 bits per heavy atom. The molecule has 0 atom stereocenters. The molecule has 0 unspecified atom stereocenters. The summed E-state index contributed by atoms with van der Waals surface area (Å²) in [4.78, 5) is 12.8. The summed E-state index contributed by atoms with van der Waals surface area (Å²) in [6.07, 6.45) is 1.47. The van der Waals surface area contributed by atoms with E-state index in [1.54, 1.807) is 13.2 Å². The molecule has 0 aliphatic rings. The van der Waals surface area contributed by atoms with Crippen LogP contribution in [0.4, 0.5) is 0 Å². The molecule has 8 heteroatoms. The molecule has 25 heavy (non-hydrogen) atoms. The highest BCUT2D eigenvalue weighted by Gasteiger charge is 2.07. The first-order valence-corrected chi connectivity index (χ1v) is 8.96. The zero-order chi connectivity index (χ0) is 18.2. The van der Waals surface area contributed by atoms with E-state index in [0.717, 1.165) is 10.6 Å². The van der Waals surface area contributed by atoms with E-state index in [1.165, 1.54) is 31.2 Å². The highest BCUT2D eigenvalue weighted by molar-refractivity contribution is 9.10. The highest BCUT2D eigenvalue weighted by Crippen LogP contribution is 2.31. The number of hydrogen-bond donors (Lipinski definition) is 2. The third kappa shape index (κ3) is 5.68. The van der Waals surface area contributed by atoms with Gasteiger partial charge in [0.2, 0.25) is 5.91 Å². The molecule has 0 aromatic heterocycles. The summed E-state index contributed by atoms with van der Waals surface area (Å²) in [6.45, 7) is 0. The monoisotopic (exact) mass is 424 g/mol. The average Bonchev–Trinajstić information content (AvgIpc) is 2.62. The first kappa shape index (κ1) is 19.1. The van der Waals surface area contributed by atoms with Crippen molar-refractivity contribution < 1.29 is 19.4 Å². The van der Waals surface area contributed by atoms with Crippen molar-refractivity contribution in [2.75, 3.05) is 20.0 Å². The minimum absolute atomic E-state index is 0.0199. The van der Waals surface area contributed by atoms with Crippen LogP contribution in [-0.4, -0.2) is 37.2 Å². The molecule has 0 fully saturated rings. The van der Waals surface area contributed by atoms with Crippen LogP contribution < -0.4 is 14.9 Å². The number of amides is 1. The van der Waals surface area contributed by atoms with Crippen molar-refractivity contribution in [2.24, 2.45) is 5.10 Å². The number of halogens is 1. The van der Waals surface area contributed by atoms with Crippen LogP contribution in [0, 0.1) is 0 Å². The van der Waals surface area contributed by atoms with Crippen LogP contribution in [0.3, 0.4) is 0 Å². The number of rotatable bonds is 7. The second kappa shape index (κ2) is 9.33. The Bertz CT molecular complexity index is 766. The van der Waals surface area contributed by atoms with Gasteiger partial charge in [-0.2, -0.15) is 5.10 Å². The summed E-state index contributed by atoms with van der Waals surface area (Å²) < 4.78 is 10.8. The Morgan fingerprint density at radius 3 is 2.64 bits per heavy atom. The van der Waals surface area contributed by atoms with Crippen LogP contribution in [0.1, 0.15) is 5.56 Å². The SMILES string of the molecule is COc1ccc(SCC(=O)N/N=C\c2cc(OC)c(O)cc2Br)cc1. The van der Waals surface area contributed by atoms with Gasteiger partial charge in [-0.3, -0.25) is 4.79 Å². The fourth-order valence-electron chi connectivity index (χ4n) is 1.85. The molecule has 1 amide bonds. The lowest BCUT2D eigenvalue weighted by Crippen LogP contribution is -2.19. The number of nitrogens with one attached hydrogen (secondary N) is 1. The number of phenolic OH excluding ortho intramolecular Hbond substituents is 1. The second-order valence-electron chi connectivity index (χ2n) is 4.80. The highest BCUT2D eigenvalue weighted by atomic mass is 79.9. The number of nitrogens with zero attached hydrogens (tertiary/aromatic N) is 1. The van der Waals surface area contributed by atoms with E-state index in [4.69, 9.17) is 9.47 Å². The van der Waals surface area contributed by atoms with Gasteiger partial charge in [-0.25, -0.2) is 5.43 Å². The maximum Gasteiger partial charge on any atom is 0.250 e. The van der Waals surface area contributed by atoms with E-state index in [2.05, 4.69) is 26.5 Å². The normalized spacial score (nSPS) is 10.7. The van der Waals surface area contributed by atoms with Crippen LogP contribution >= 0.6 is 27.7 Å². The van der Waals surface area contributed by atoms with Gasteiger partial charge >= 0.3 is 0 Å². The number of carbonyl (C=O) groups is 1. The van der Waals surface area contributed by atoms with Crippen LogP contribution in [0.5, 0.6) is 17.2 Å². The Morgan fingerprint density at radius 2 is 2.00 bits per heavy atom. The number of benzene rings is 2. The number of phenols is 1. The van der Waals surface area contributed by atoms with Crippen LogP contribution in [0.15, 0.2) is 50.9 Å². The van der Waals surface area contributed by atoms with Crippen molar-refractivity contribution in [3.63, 3.8) is 0 Å². The molecule has 2 aromatic carbocycles. The van der Waals surface area contributed by atoms with Crippen molar-refractivity contribution in [1.82, 2.24) is 5.43 Å². The lowest BCUT2D eigenvalue weighted by atomic mass is 10.2. The zero-order valence-electron chi connectivity index (χ0n) is 13.7. The maximum atomic E-state index is 11.8. The Balaban J connectivity index is 1.87. The van der Waals surface area contributed by atoms with Gasteiger partial charge < -0.3 is 14.6 Å². The van der Waals surface area contributed by atoms with Gasteiger partial charge in [0.05, 0.1) is 26.2 Å². The van der Waals surface area contributed by atoms with E-state index in [-0.39, 0.29) is 17.4 Å². The fourth-order valence-corrected chi connectivity index (χ4v) is 2.97. The molecule has 0 saturated heterocycles. The van der Waals surface area contributed by atoms with Crippen molar-refractivity contribution in [3.05, 3.63) is 46.4 Å². The summed E-state index contributed by atoms with van der Waals surface area (Å²) >= 11 is 4.72. The van der Waals surface area contributed by atoms with E-state index < -0.39 is 0 Å². The third-order valence-corrected chi connectivity index (χ3v) is 4.82. The van der Waals surface area contributed by atoms with Gasteiger partial charge in [-0.05, 0) is 52.3 Å². The quantitative estimate of drug-likeness (QED) is 0.404. The summed E-state index contributed by atoms with van der Waals surface area (Å²) in [5.74, 6) is 1.13. The van der Waals surface area contributed by atoms with Gasteiger partial charge in [0, 0.05) is 14.9 Å². The molecular formula is C17H17BrN2O4S. The molecule has 0 aliphatic heterocycles. The van der Waals surface area contributed by atoms with E-state index in [0.29, 0.717) is 15.8 Å². The minimum Gasteiger partial charge on any atom is -0.504 e. The van der Waals surface area contributed by atoms with Gasteiger partial charge in [-0.1, -0.05) is 0 Å². The van der Waals surface area contributed by atoms with E-state index in [1.807, 2.05) is 24.3 Å². The summed E-state index contributed by atoms with van der Waals surface area (Å²) in [5.41, 5.74) is 3.13. The Labute approximate surface area is 158 Å². The van der Waals surface area contributed by atoms with Crippen molar-refractivity contribution in [2.45, 2.75) is 4.90 Å². The number of aromatic hydroxyl groups is 1. The zero-order valence-corrected chi connectivity index (χ0v) is 16.1. The molecule has 0 spiro atoms.